The number of rotatable bonds is 7. The minimum absolute atomic E-state index is 0. The Bertz CT molecular complexity index is 295. The molecule has 2 aliphatic heterocycles. The second-order valence-corrected chi connectivity index (χ2v) is 5.82. The highest BCUT2D eigenvalue weighted by Crippen LogP contribution is 2.15. The first-order valence-corrected chi connectivity index (χ1v) is 8.08. The van der Waals surface area contributed by atoms with Crippen LogP contribution in [0.2, 0.25) is 0 Å². The van der Waals surface area contributed by atoms with Gasteiger partial charge in [-0.2, -0.15) is 0 Å². The fraction of sp³-hybridized carbons (Fsp3) is 0.933. The molecule has 0 aromatic rings. The summed E-state index contributed by atoms with van der Waals surface area (Å²) in [5.74, 6) is 1.06. The standard InChI is InChI=1S/C15H29N3O2.2ClH/c1-2-20-12-11-17-7-9-18(10-8-17)15(19)4-3-14-5-6-16-13-14;;/h14,16H,2-13H2,1H3;2*1H. The van der Waals surface area contributed by atoms with E-state index in [4.69, 9.17) is 4.74 Å². The highest BCUT2D eigenvalue weighted by atomic mass is 35.5. The fourth-order valence-electron chi connectivity index (χ4n) is 3.01. The zero-order valence-electron chi connectivity index (χ0n) is 13.6. The zero-order valence-corrected chi connectivity index (χ0v) is 15.2. The number of amides is 1. The summed E-state index contributed by atoms with van der Waals surface area (Å²) in [5.41, 5.74) is 0. The number of carbonyl (C=O) groups excluding carboxylic acids is 1. The van der Waals surface area contributed by atoms with Crippen molar-refractivity contribution < 1.29 is 9.53 Å². The molecule has 7 heteroatoms. The summed E-state index contributed by atoms with van der Waals surface area (Å²) >= 11 is 0. The largest absolute Gasteiger partial charge is 0.380 e. The second kappa shape index (κ2) is 12.4. The normalized spacial score (nSPS) is 22.0. The summed E-state index contributed by atoms with van der Waals surface area (Å²) < 4.78 is 5.38. The Kier molecular flexibility index (Phi) is 12.3. The summed E-state index contributed by atoms with van der Waals surface area (Å²) in [6.07, 6.45) is 3.01. The lowest BCUT2D eigenvalue weighted by molar-refractivity contribution is -0.133. The Balaban J connectivity index is 0.00000220. The maximum Gasteiger partial charge on any atom is 0.222 e. The maximum absolute atomic E-state index is 12.2. The van der Waals surface area contributed by atoms with Crippen molar-refractivity contribution in [3.63, 3.8) is 0 Å². The molecule has 2 heterocycles. The second-order valence-electron chi connectivity index (χ2n) is 5.82. The summed E-state index contributed by atoms with van der Waals surface area (Å²) in [5, 5.41) is 3.36. The Morgan fingerprint density at radius 1 is 1.23 bits per heavy atom. The maximum atomic E-state index is 12.2. The number of nitrogens with zero attached hydrogens (tertiary/aromatic N) is 2. The van der Waals surface area contributed by atoms with Crippen LogP contribution >= 0.6 is 24.8 Å². The molecule has 1 amide bonds. The van der Waals surface area contributed by atoms with Gasteiger partial charge in [0.15, 0.2) is 0 Å². The molecule has 0 bridgehead atoms. The molecule has 0 radical (unpaired) electrons. The van der Waals surface area contributed by atoms with E-state index < -0.39 is 0 Å². The van der Waals surface area contributed by atoms with E-state index >= 15 is 0 Å². The van der Waals surface area contributed by atoms with E-state index in [1.807, 2.05) is 11.8 Å². The van der Waals surface area contributed by atoms with Crippen LogP contribution in [0.15, 0.2) is 0 Å². The molecule has 0 saturated carbocycles. The number of hydrogen-bond donors (Lipinski definition) is 1. The van der Waals surface area contributed by atoms with E-state index in [1.165, 1.54) is 6.42 Å². The van der Waals surface area contributed by atoms with Gasteiger partial charge in [-0.3, -0.25) is 9.69 Å². The van der Waals surface area contributed by atoms with Crippen molar-refractivity contribution in [1.82, 2.24) is 15.1 Å². The fourth-order valence-corrected chi connectivity index (χ4v) is 3.01. The number of piperazine rings is 1. The molecule has 2 rings (SSSR count). The first-order valence-electron chi connectivity index (χ1n) is 8.08. The van der Waals surface area contributed by atoms with Crippen LogP contribution in [-0.4, -0.2) is 74.7 Å². The van der Waals surface area contributed by atoms with Crippen LogP contribution in [0.3, 0.4) is 0 Å². The van der Waals surface area contributed by atoms with Gasteiger partial charge in [-0.05, 0) is 38.8 Å². The molecular formula is C15H31Cl2N3O2. The molecule has 0 spiro atoms. The minimum Gasteiger partial charge on any atom is -0.380 e. The van der Waals surface area contributed by atoms with Gasteiger partial charge in [0.05, 0.1) is 6.61 Å². The van der Waals surface area contributed by atoms with Gasteiger partial charge in [0.1, 0.15) is 0 Å². The van der Waals surface area contributed by atoms with Crippen LogP contribution in [-0.2, 0) is 9.53 Å². The molecule has 5 nitrogen and oxygen atoms in total. The summed E-state index contributed by atoms with van der Waals surface area (Å²) in [4.78, 5) is 16.6. The molecule has 0 aliphatic carbocycles. The van der Waals surface area contributed by atoms with Gasteiger partial charge >= 0.3 is 0 Å². The van der Waals surface area contributed by atoms with Gasteiger partial charge in [-0.15, -0.1) is 24.8 Å². The Labute approximate surface area is 146 Å². The van der Waals surface area contributed by atoms with Crippen molar-refractivity contribution in [2.45, 2.75) is 26.2 Å². The smallest absolute Gasteiger partial charge is 0.222 e. The highest BCUT2D eigenvalue weighted by Gasteiger charge is 2.22. The summed E-state index contributed by atoms with van der Waals surface area (Å²) in [7, 11) is 0. The van der Waals surface area contributed by atoms with E-state index in [0.717, 1.165) is 71.9 Å². The van der Waals surface area contributed by atoms with Crippen LogP contribution in [0.1, 0.15) is 26.2 Å². The number of ether oxygens (including phenoxy) is 1. The molecule has 1 atom stereocenters. The molecule has 0 aromatic carbocycles. The van der Waals surface area contributed by atoms with Crippen molar-refractivity contribution in [3.05, 3.63) is 0 Å². The van der Waals surface area contributed by atoms with Crippen molar-refractivity contribution in [1.29, 1.82) is 0 Å². The predicted molar refractivity (Wildman–Crippen MR) is 94.2 cm³/mol. The van der Waals surface area contributed by atoms with Gasteiger partial charge in [0.25, 0.3) is 0 Å². The van der Waals surface area contributed by atoms with Gasteiger partial charge in [-0.25, -0.2) is 0 Å². The molecule has 22 heavy (non-hydrogen) atoms. The molecular weight excluding hydrogens is 325 g/mol. The van der Waals surface area contributed by atoms with Crippen LogP contribution in [0.25, 0.3) is 0 Å². The Hall–Kier alpha value is -0.0700. The van der Waals surface area contributed by atoms with Gasteiger partial charge in [0.2, 0.25) is 5.91 Å². The van der Waals surface area contributed by atoms with E-state index in [0.29, 0.717) is 11.8 Å². The average Bonchev–Trinajstić information content (AvgIpc) is 2.99. The first-order chi connectivity index (χ1) is 9.79. The molecule has 1 unspecified atom stereocenters. The summed E-state index contributed by atoms with van der Waals surface area (Å²) in [6, 6.07) is 0. The first kappa shape index (κ1) is 21.9. The number of halogens is 2. The van der Waals surface area contributed by atoms with Gasteiger partial charge in [-0.1, -0.05) is 0 Å². The molecule has 1 N–H and O–H groups in total. The van der Waals surface area contributed by atoms with Crippen molar-refractivity contribution >= 4 is 30.7 Å². The minimum atomic E-state index is 0. The lowest BCUT2D eigenvalue weighted by Crippen LogP contribution is -2.49. The highest BCUT2D eigenvalue weighted by molar-refractivity contribution is 5.85. The van der Waals surface area contributed by atoms with E-state index in [2.05, 4.69) is 10.2 Å². The van der Waals surface area contributed by atoms with Crippen LogP contribution in [0.4, 0.5) is 0 Å². The van der Waals surface area contributed by atoms with Crippen molar-refractivity contribution in [2.75, 3.05) is 59.0 Å². The van der Waals surface area contributed by atoms with Crippen LogP contribution in [0.5, 0.6) is 0 Å². The molecule has 0 aromatic heterocycles. The average molecular weight is 356 g/mol. The number of carbonyl (C=O) groups is 1. The van der Waals surface area contributed by atoms with Crippen LogP contribution < -0.4 is 5.32 Å². The zero-order chi connectivity index (χ0) is 14.2. The van der Waals surface area contributed by atoms with E-state index in [-0.39, 0.29) is 24.8 Å². The Morgan fingerprint density at radius 2 is 1.95 bits per heavy atom. The van der Waals surface area contributed by atoms with Gasteiger partial charge < -0.3 is 15.0 Å². The number of nitrogens with one attached hydrogen (secondary N) is 1. The SMILES string of the molecule is CCOCCN1CCN(C(=O)CCC2CCNC2)CC1.Cl.Cl. The third-order valence-electron chi connectivity index (χ3n) is 4.41. The number of hydrogen-bond acceptors (Lipinski definition) is 4. The summed E-state index contributed by atoms with van der Waals surface area (Å²) in [6.45, 7) is 10.6. The lowest BCUT2D eigenvalue weighted by Gasteiger charge is -2.34. The topological polar surface area (TPSA) is 44.8 Å². The van der Waals surface area contributed by atoms with Crippen molar-refractivity contribution in [3.8, 4) is 0 Å². The quantitative estimate of drug-likeness (QED) is 0.701. The predicted octanol–water partition coefficient (Wildman–Crippen LogP) is 1.40. The lowest BCUT2D eigenvalue weighted by atomic mass is 10.0. The van der Waals surface area contributed by atoms with Crippen LogP contribution in [0, 0.1) is 5.92 Å². The Morgan fingerprint density at radius 3 is 2.55 bits per heavy atom. The monoisotopic (exact) mass is 355 g/mol. The molecule has 2 aliphatic rings. The molecule has 132 valence electrons. The van der Waals surface area contributed by atoms with E-state index in [9.17, 15) is 4.79 Å². The third kappa shape index (κ3) is 7.47. The van der Waals surface area contributed by atoms with Crippen molar-refractivity contribution in [2.24, 2.45) is 5.92 Å². The molecule has 2 fully saturated rings. The third-order valence-corrected chi connectivity index (χ3v) is 4.41. The van der Waals surface area contributed by atoms with E-state index in [1.54, 1.807) is 0 Å². The van der Waals surface area contributed by atoms with Gasteiger partial charge in [0, 0.05) is 45.8 Å². The molecule has 2 saturated heterocycles.